The van der Waals surface area contributed by atoms with Gasteiger partial charge in [0.05, 0.1) is 33.9 Å². The van der Waals surface area contributed by atoms with Crippen molar-refractivity contribution in [1.29, 1.82) is 0 Å². The summed E-state index contributed by atoms with van der Waals surface area (Å²) in [5.41, 5.74) is 8.54. The number of likely N-dealkylation sites (tertiary alicyclic amines) is 1. The number of amides is 2. The Morgan fingerprint density at radius 2 is 1.89 bits per heavy atom. The van der Waals surface area contributed by atoms with Crippen LogP contribution in [0.5, 0.6) is 0 Å². The summed E-state index contributed by atoms with van der Waals surface area (Å²) in [4.78, 5) is 46.2. The first-order valence-electron chi connectivity index (χ1n) is 8.84. The van der Waals surface area contributed by atoms with Crippen LogP contribution in [0, 0.1) is 19.8 Å². The average Bonchev–Trinajstić information content (AvgIpc) is 2.66. The Morgan fingerprint density at radius 1 is 1.19 bits per heavy atom. The van der Waals surface area contributed by atoms with Crippen molar-refractivity contribution in [2.24, 2.45) is 11.7 Å². The fourth-order valence-corrected chi connectivity index (χ4v) is 3.10. The second-order valence-electron chi connectivity index (χ2n) is 6.76. The molecule has 2 heterocycles. The van der Waals surface area contributed by atoms with Crippen LogP contribution >= 0.6 is 0 Å². The first-order chi connectivity index (χ1) is 12.8. The minimum absolute atomic E-state index is 0.274. The smallest absolute Gasteiger partial charge is 0.338 e. The highest BCUT2D eigenvalue weighted by Gasteiger charge is 2.27. The number of nitrogens with two attached hydrogens (primary N) is 1. The molecule has 0 bridgehead atoms. The topological polar surface area (TPSA) is 115 Å². The first-order valence-corrected chi connectivity index (χ1v) is 8.84. The van der Waals surface area contributed by atoms with Gasteiger partial charge in [0.25, 0.3) is 5.91 Å². The maximum Gasteiger partial charge on any atom is 0.338 e. The van der Waals surface area contributed by atoms with Crippen LogP contribution < -0.4 is 5.73 Å². The third-order valence-electron chi connectivity index (χ3n) is 4.81. The van der Waals surface area contributed by atoms with E-state index in [2.05, 4.69) is 9.97 Å². The summed E-state index contributed by atoms with van der Waals surface area (Å²) < 4.78 is 5.15. The summed E-state index contributed by atoms with van der Waals surface area (Å²) in [7, 11) is 0. The van der Waals surface area contributed by atoms with E-state index in [0.29, 0.717) is 36.0 Å². The van der Waals surface area contributed by atoms with Gasteiger partial charge in [-0.05, 0) is 44.9 Å². The van der Waals surface area contributed by atoms with Crippen molar-refractivity contribution >= 4 is 28.8 Å². The molecule has 8 heteroatoms. The molecule has 0 saturated carbocycles. The normalized spacial score (nSPS) is 17.0. The van der Waals surface area contributed by atoms with Gasteiger partial charge in [0, 0.05) is 13.1 Å². The number of hydrogen-bond donors (Lipinski definition) is 1. The van der Waals surface area contributed by atoms with E-state index in [0.717, 1.165) is 11.4 Å². The second kappa shape index (κ2) is 7.69. The number of aromatic nitrogens is 2. The van der Waals surface area contributed by atoms with Gasteiger partial charge in [-0.25, -0.2) is 14.8 Å². The van der Waals surface area contributed by atoms with Gasteiger partial charge < -0.3 is 15.4 Å². The highest BCUT2D eigenvalue weighted by Crippen LogP contribution is 2.17. The van der Waals surface area contributed by atoms with Crippen LogP contribution in [0.1, 0.15) is 34.6 Å². The molecule has 8 nitrogen and oxygen atoms in total. The molecule has 0 aliphatic carbocycles. The number of benzene rings is 1. The molecule has 1 aromatic heterocycles. The van der Waals surface area contributed by atoms with Gasteiger partial charge in [0.2, 0.25) is 5.91 Å². The van der Waals surface area contributed by atoms with Crippen molar-refractivity contribution in [1.82, 2.24) is 14.9 Å². The zero-order chi connectivity index (χ0) is 19.6. The molecule has 1 saturated heterocycles. The largest absolute Gasteiger partial charge is 0.452 e. The molecule has 1 aliphatic rings. The van der Waals surface area contributed by atoms with Gasteiger partial charge in [0.1, 0.15) is 0 Å². The fourth-order valence-electron chi connectivity index (χ4n) is 3.10. The Labute approximate surface area is 156 Å². The molecule has 2 aromatic rings. The molecule has 142 valence electrons. The van der Waals surface area contributed by atoms with Crippen LogP contribution in [0.4, 0.5) is 0 Å². The van der Waals surface area contributed by atoms with Gasteiger partial charge in [-0.3, -0.25) is 9.59 Å². The molecule has 2 N–H and O–H groups in total. The Balaban J connectivity index is 1.63. The number of hydrogen-bond acceptors (Lipinski definition) is 6. The molecular weight excluding hydrogens is 348 g/mol. The van der Waals surface area contributed by atoms with E-state index in [9.17, 15) is 14.4 Å². The van der Waals surface area contributed by atoms with Crippen molar-refractivity contribution in [2.75, 3.05) is 19.7 Å². The number of nitrogens with zero attached hydrogens (tertiary/aromatic N) is 3. The highest BCUT2D eigenvalue weighted by molar-refractivity contribution is 5.94. The molecule has 0 unspecified atom stereocenters. The maximum absolute atomic E-state index is 12.3. The summed E-state index contributed by atoms with van der Waals surface area (Å²) in [5.74, 6) is -1.69. The van der Waals surface area contributed by atoms with Crippen molar-refractivity contribution in [3.8, 4) is 0 Å². The molecule has 1 atom stereocenters. The van der Waals surface area contributed by atoms with E-state index in [1.165, 1.54) is 4.90 Å². The van der Waals surface area contributed by atoms with Gasteiger partial charge in [-0.1, -0.05) is 0 Å². The van der Waals surface area contributed by atoms with Gasteiger partial charge in [-0.2, -0.15) is 0 Å². The number of carbonyl (C=O) groups excluding carboxylic acids is 3. The number of ether oxygens (including phenoxy) is 1. The van der Waals surface area contributed by atoms with Crippen LogP contribution in [0.25, 0.3) is 11.0 Å². The average molecular weight is 370 g/mol. The minimum Gasteiger partial charge on any atom is -0.452 e. The lowest BCUT2D eigenvalue weighted by Gasteiger charge is -2.31. The minimum atomic E-state index is -0.603. The lowest BCUT2D eigenvalue weighted by Crippen LogP contribution is -2.45. The molecule has 3 rings (SSSR count). The van der Waals surface area contributed by atoms with Crippen LogP contribution in [0.3, 0.4) is 0 Å². The molecule has 27 heavy (non-hydrogen) atoms. The van der Waals surface area contributed by atoms with Crippen molar-refractivity contribution in [3.63, 3.8) is 0 Å². The lowest BCUT2D eigenvalue weighted by molar-refractivity contribution is -0.137. The van der Waals surface area contributed by atoms with Crippen molar-refractivity contribution < 1.29 is 19.1 Å². The predicted molar refractivity (Wildman–Crippen MR) is 97.8 cm³/mol. The SMILES string of the molecule is Cc1nc2ccc(C(=O)OCC(=O)N3CCC[C@H](C(N)=O)C3)cc2nc1C. The van der Waals surface area contributed by atoms with E-state index in [1.807, 2.05) is 13.8 Å². The molecular formula is C19H22N4O4. The maximum atomic E-state index is 12.3. The number of rotatable bonds is 4. The standard InChI is InChI=1S/C19H22N4O4/c1-11-12(2)22-16-8-13(5-6-15(16)21-11)19(26)27-10-17(24)23-7-3-4-14(9-23)18(20)25/h5-6,8,14H,3-4,7,9-10H2,1-2H3,(H2,20,25)/t14-/m0/s1. The second-order valence-corrected chi connectivity index (χ2v) is 6.76. The number of aryl methyl sites for hydroxylation is 2. The zero-order valence-corrected chi connectivity index (χ0v) is 15.4. The molecule has 0 radical (unpaired) electrons. The molecule has 1 aromatic carbocycles. The number of piperidine rings is 1. The Hall–Kier alpha value is -3.03. The van der Waals surface area contributed by atoms with E-state index >= 15 is 0 Å². The van der Waals surface area contributed by atoms with Gasteiger partial charge >= 0.3 is 5.97 Å². The van der Waals surface area contributed by atoms with Gasteiger partial charge in [0.15, 0.2) is 6.61 Å². The van der Waals surface area contributed by atoms with Crippen LogP contribution in [0.2, 0.25) is 0 Å². The lowest BCUT2D eigenvalue weighted by atomic mass is 9.97. The van der Waals surface area contributed by atoms with Crippen LogP contribution in [-0.2, 0) is 14.3 Å². The molecule has 2 amide bonds. The quantitative estimate of drug-likeness (QED) is 0.807. The van der Waals surface area contributed by atoms with Crippen molar-refractivity contribution in [2.45, 2.75) is 26.7 Å². The van der Waals surface area contributed by atoms with Crippen LogP contribution in [-0.4, -0.2) is 52.3 Å². The monoisotopic (exact) mass is 370 g/mol. The third kappa shape index (κ3) is 4.21. The molecule has 1 fully saturated rings. The number of esters is 1. The van der Waals surface area contributed by atoms with Crippen LogP contribution in [0.15, 0.2) is 18.2 Å². The van der Waals surface area contributed by atoms with E-state index in [1.54, 1.807) is 18.2 Å². The Bertz CT molecular complexity index is 912. The number of primary amides is 1. The fraction of sp³-hybridized carbons (Fsp3) is 0.421. The Kier molecular flexibility index (Phi) is 5.34. The summed E-state index contributed by atoms with van der Waals surface area (Å²) in [6.07, 6.45) is 1.38. The summed E-state index contributed by atoms with van der Waals surface area (Å²) in [5, 5.41) is 0. The van der Waals surface area contributed by atoms with Gasteiger partial charge in [-0.15, -0.1) is 0 Å². The number of fused-ring (bicyclic) bond motifs is 1. The zero-order valence-electron chi connectivity index (χ0n) is 15.4. The molecule has 1 aliphatic heterocycles. The summed E-state index contributed by atoms with van der Waals surface area (Å²) in [6, 6.07) is 4.91. The first kappa shape index (κ1) is 18.8. The predicted octanol–water partition coefficient (Wildman–Crippen LogP) is 1.13. The molecule has 0 spiro atoms. The summed E-state index contributed by atoms with van der Waals surface area (Å²) in [6.45, 7) is 4.16. The van der Waals surface area contributed by atoms with E-state index in [-0.39, 0.29) is 25.0 Å². The number of carbonyl (C=O) groups is 3. The van der Waals surface area contributed by atoms with Crippen molar-refractivity contribution in [3.05, 3.63) is 35.2 Å². The Morgan fingerprint density at radius 3 is 2.59 bits per heavy atom. The van der Waals surface area contributed by atoms with E-state index in [4.69, 9.17) is 10.5 Å². The van der Waals surface area contributed by atoms with E-state index < -0.39 is 11.9 Å². The highest BCUT2D eigenvalue weighted by atomic mass is 16.5. The summed E-state index contributed by atoms with van der Waals surface area (Å²) >= 11 is 0. The third-order valence-corrected chi connectivity index (χ3v) is 4.81.